The maximum Gasteiger partial charge on any atom is 0.335 e. The minimum Gasteiger partial charge on any atom is -0.478 e. The first kappa shape index (κ1) is 18.9. The third-order valence-electron chi connectivity index (χ3n) is 5.09. The van der Waals surface area contributed by atoms with E-state index in [-0.39, 0.29) is 0 Å². The summed E-state index contributed by atoms with van der Waals surface area (Å²) in [6.07, 6.45) is 0. The van der Waals surface area contributed by atoms with Crippen LogP contribution in [-0.4, -0.2) is 46.0 Å². The molecular formula is C21H25ClN2O2. The Morgan fingerprint density at radius 2 is 1.65 bits per heavy atom. The Hall–Kier alpha value is -1.88. The lowest BCUT2D eigenvalue weighted by Crippen LogP contribution is -2.55. The van der Waals surface area contributed by atoms with Crippen LogP contribution in [-0.2, 0) is 13.1 Å². The number of aromatic carboxylic acids is 1. The zero-order valence-corrected chi connectivity index (χ0v) is 16.0. The highest BCUT2D eigenvalue weighted by atomic mass is 35.5. The van der Waals surface area contributed by atoms with Gasteiger partial charge in [-0.15, -0.1) is 0 Å². The fourth-order valence-corrected chi connectivity index (χ4v) is 3.94. The summed E-state index contributed by atoms with van der Waals surface area (Å²) in [4.78, 5) is 15.9. The summed E-state index contributed by atoms with van der Waals surface area (Å²) in [5.41, 5.74) is 2.65. The molecule has 1 N–H and O–H groups in total. The maximum absolute atomic E-state index is 11.0. The summed E-state index contributed by atoms with van der Waals surface area (Å²) >= 11 is 6.33. The fraction of sp³-hybridized carbons (Fsp3) is 0.381. The first-order valence-electron chi connectivity index (χ1n) is 8.98. The van der Waals surface area contributed by atoms with Crippen molar-refractivity contribution in [1.29, 1.82) is 0 Å². The normalized spacial score (nSPS) is 21.7. The average Bonchev–Trinajstić information content (AvgIpc) is 2.60. The molecule has 26 heavy (non-hydrogen) atoms. The number of carboxylic acids is 1. The van der Waals surface area contributed by atoms with Crippen LogP contribution in [0.25, 0.3) is 0 Å². The molecule has 1 heterocycles. The topological polar surface area (TPSA) is 43.8 Å². The second kappa shape index (κ2) is 8.21. The van der Waals surface area contributed by atoms with Crippen molar-refractivity contribution in [3.8, 4) is 0 Å². The second-order valence-electron chi connectivity index (χ2n) is 7.16. The highest BCUT2D eigenvalue weighted by Crippen LogP contribution is 2.24. The van der Waals surface area contributed by atoms with Crippen LogP contribution in [0.3, 0.4) is 0 Å². The molecule has 1 aliphatic heterocycles. The van der Waals surface area contributed by atoms with E-state index < -0.39 is 5.97 Å². The van der Waals surface area contributed by atoms with Crippen molar-refractivity contribution in [2.45, 2.75) is 39.0 Å². The van der Waals surface area contributed by atoms with Gasteiger partial charge < -0.3 is 5.11 Å². The quantitative estimate of drug-likeness (QED) is 0.856. The van der Waals surface area contributed by atoms with E-state index in [2.05, 4.69) is 29.7 Å². The lowest BCUT2D eigenvalue weighted by atomic mass is 10.0. The molecule has 1 fully saturated rings. The third kappa shape index (κ3) is 4.44. The molecule has 0 unspecified atom stereocenters. The molecular weight excluding hydrogens is 348 g/mol. The lowest BCUT2D eigenvalue weighted by molar-refractivity contribution is 0.0290. The van der Waals surface area contributed by atoms with Gasteiger partial charge in [0.25, 0.3) is 0 Å². The van der Waals surface area contributed by atoms with Gasteiger partial charge in [0.2, 0.25) is 0 Å². The van der Waals surface area contributed by atoms with Gasteiger partial charge in [0.15, 0.2) is 0 Å². The van der Waals surface area contributed by atoms with Gasteiger partial charge in [-0.05, 0) is 43.2 Å². The number of carboxylic acid groups (broad SMARTS) is 1. The number of piperazine rings is 1. The predicted octanol–water partition coefficient (Wildman–Crippen LogP) is 4.13. The Kier molecular flexibility index (Phi) is 5.97. The Morgan fingerprint density at radius 3 is 2.23 bits per heavy atom. The van der Waals surface area contributed by atoms with E-state index in [4.69, 9.17) is 16.7 Å². The van der Waals surface area contributed by atoms with Crippen molar-refractivity contribution in [2.75, 3.05) is 13.1 Å². The van der Waals surface area contributed by atoms with Crippen molar-refractivity contribution in [2.24, 2.45) is 0 Å². The summed E-state index contributed by atoms with van der Waals surface area (Å²) in [6, 6.07) is 16.1. The van der Waals surface area contributed by atoms with Crippen LogP contribution >= 0.6 is 11.6 Å². The van der Waals surface area contributed by atoms with Gasteiger partial charge in [0.05, 0.1) is 5.56 Å². The minimum absolute atomic E-state index is 0.333. The fourth-order valence-electron chi connectivity index (χ4n) is 3.74. The molecule has 0 bridgehead atoms. The molecule has 138 valence electrons. The van der Waals surface area contributed by atoms with Gasteiger partial charge in [0, 0.05) is 43.3 Å². The van der Waals surface area contributed by atoms with Crippen LogP contribution < -0.4 is 0 Å². The smallest absolute Gasteiger partial charge is 0.335 e. The van der Waals surface area contributed by atoms with Crippen LogP contribution in [0.2, 0.25) is 5.02 Å². The summed E-state index contributed by atoms with van der Waals surface area (Å²) in [5, 5.41) is 9.84. The molecule has 0 amide bonds. The molecule has 0 radical (unpaired) electrons. The molecule has 5 heteroatoms. The van der Waals surface area contributed by atoms with Gasteiger partial charge in [-0.1, -0.05) is 41.9 Å². The Bertz CT molecular complexity index is 751. The predicted molar refractivity (Wildman–Crippen MR) is 105 cm³/mol. The molecule has 3 rings (SSSR count). The number of nitrogens with zero attached hydrogens (tertiary/aromatic N) is 2. The summed E-state index contributed by atoms with van der Waals surface area (Å²) < 4.78 is 0. The molecule has 0 aromatic heterocycles. The van der Waals surface area contributed by atoms with Crippen LogP contribution in [0.4, 0.5) is 0 Å². The monoisotopic (exact) mass is 372 g/mol. The van der Waals surface area contributed by atoms with Crippen molar-refractivity contribution in [3.05, 3.63) is 70.2 Å². The Balaban J connectivity index is 1.62. The molecule has 1 aliphatic rings. The van der Waals surface area contributed by atoms with Crippen molar-refractivity contribution >= 4 is 17.6 Å². The Morgan fingerprint density at radius 1 is 1.04 bits per heavy atom. The van der Waals surface area contributed by atoms with E-state index in [0.29, 0.717) is 17.6 Å². The number of halogens is 1. The summed E-state index contributed by atoms with van der Waals surface area (Å²) in [7, 11) is 0. The Labute approximate surface area is 160 Å². The first-order valence-corrected chi connectivity index (χ1v) is 9.35. The zero-order chi connectivity index (χ0) is 18.7. The number of hydrogen-bond donors (Lipinski definition) is 1. The van der Waals surface area contributed by atoms with Crippen LogP contribution in [0, 0.1) is 0 Å². The highest BCUT2D eigenvalue weighted by Gasteiger charge is 2.29. The number of benzene rings is 2. The lowest BCUT2D eigenvalue weighted by Gasteiger charge is -2.44. The van der Waals surface area contributed by atoms with E-state index in [1.165, 1.54) is 5.56 Å². The van der Waals surface area contributed by atoms with Crippen molar-refractivity contribution in [1.82, 2.24) is 9.80 Å². The average molecular weight is 373 g/mol. The third-order valence-corrected chi connectivity index (χ3v) is 5.46. The molecule has 0 aliphatic carbocycles. The van der Waals surface area contributed by atoms with E-state index in [0.717, 1.165) is 36.8 Å². The molecule has 4 nitrogen and oxygen atoms in total. The standard InChI is InChI=1S/C21H25ClN2O2/c1-15-11-23(13-17-7-9-18(10-8-17)21(25)26)12-16(2)24(15)14-19-5-3-4-6-20(19)22/h3-10,15-16H,11-14H2,1-2H3,(H,25,26)/t15-,16+. The molecule has 2 atom stereocenters. The van der Waals surface area contributed by atoms with Gasteiger partial charge >= 0.3 is 5.97 Å². The number of rotatable bonds is 5. The summed E-state index contributed by atoms with van der Waals surface area (Å²) in [5.74, 6) is -0.882. The van der Waals surface area contributed by atoms with Gasteiger partial charge in [-0.25, -0.2) is 4.79 Å². The first-order chi connectivity index (χ1) is 12.4. The largest absolute Gasteiger partial charge is 0.478 e. The molecule has 1 saturated heterocycles. The molecule has 0 spiro atoms. The molecule has 0 saturated carbocycles. The van der Waals surface area contributed by atoms with Crippen LogP contribution in [0.1, 0.15) is 35.3 Å². The summed E-state index contributed by atoms with van der Waals surface area (Å²) in [6.45, 7) is 8.18. The minimum atomic E-state index is -0.882. The van der Waals surface area contributed by atoms with Crippen molar-refractivity contribution in [3.63, 3.8) is 0 Å². The maximum atomic E-state index is 11.0. The van der Waals surface area contributed by atoms with Gasteiger partial charge in [-0.3, -0.25) is 9.80 Å². The van der Waals surface area contributed by atoms with Crippen LogP contribution in [0.5, 0.6) is 0 Å². The number of hydrogen-bond acceptors (Lipinski definition) is 3. The van der Waals surface area contributed by atoms with Gasteiger partial charge in [-0.2, -0.15) is 0 Å². The van der Waals surface area contributed by atoms with Crippen molar-refractivity contribution < 1.29 is 9.90 Å². The van der Waals surface area contributed by atoms with E-state index in [1.54, 1.807) is 12.1 Å². The van der Waals surface area contributed by atoms with Crippen LogP contribution in [0.15, 0.2) is 48.5 Å². The van der Waals surface area contributed by atoms with E-state index in [1.807, 2.05) is 30.3 Å². The van der Waals surface area contributed by atoms with E-state index >= 15 is 0 Å². The highest BCUT2D eigenvalue weighted by molar-refractivity contribution is 6.31. The molecule has 2 aromatic carbocycles. The zero-order valence-electron chi connectivity index (χ0n) is 15.2. The SMILES string of the molecule is C[C@@H]1CN(Cc2ccc(C(=O)O)cc2)C[C@H](C)N1Cc1ccccc1Cl. The van der Waals surface area contributed by atoms with Gasteiger partial charge in [0.1, 0.15) is 0 Å². The van der Waals surface area contributed by atoms with E-state index in [9.17, 15) is 4.79 Å². The number of carbonyl (C=O) groups is 1. The molecule has 2 aromatic rings. The second-order valence-corrected chi connectivity index (χ2v) is 7.57.